The van der Waals surface area contributed by atoms with E-state index in [1.807, 2.05) is 0 Å². The number of fused-ring (bicyclic) bond motifs is 1. The van der Waals surface area contributed by atoms with Crippen molar-refractivity contribution in [3.63, 3.8) is 0 Å². The largest absolute Gasteiger partial charge is 0.464 e. The molecule has 0 saturated carbocycles. The number of hydrogen-bond acceptors (Lipinski definition) is 2. The van der Waals surface area contributed by atoms with Crippen molar-refractivity contribution in [1.82, 2.24) is 9.55 Å². The van der Waals surface area contributed by atoms with E-state index in [1.54, 1.807) is 24.5 Å². The summed E-state index contributed by atoms with van der Waals surface area (Å²) in [4.78, 5) is 14.5. The fraction of sp³-hybridized carbons (Fsp3) is 0. The molecule has 0 aliphatic carbocycles. The van der Waals surface area contributed by atoms with E-state index in [9.17, 15) is 4.79 Å². The molecule has 0 fully saturated rings. The van der Waals surface area contributed by atoms with Crippen LogP contribution in [0.3, 0.4) is 0 Å². The van der Waals surface area contributed by atoms with Crippen LogP contribution in [0.25, 0.3) is 10.9 Å². The first-order valence-electron chi connectivity index (χ1n) is 3.43. The van der Waals surface area contributed by atoms with Crippen LogP contribution in [0.4, 0.5) is 4.79 Å². The molecule has 0 atom stereocenters. The average Bonchev–Trinajstić information content (AvgIpc) is 2.47. The van der Waals surface area contributed by atoms with Gasteiger partial charge in [0, 0.05) is 24.0 Å². The van der Waals surface area contributed by atoms with E-state index in [-0.39, 0.29) is 0 Å². The summed E-state index contributed by atoms with van der Waals surface area (Å²) in [7, 11) is 0. The summed E-state index contributed by atoms with van der Waals surface area (Å²) in [6.45, 7) is 0. The molecule has 0 aliphatic heterocycles. The van der Waals surface area contributed by atoms with E-state index in [1.165, 1.54) is 6.20 Å². The van der Waals surface area contributed by atoms with E-state index < -0.39 is 6.09 Å². The summed E-state index contributed by atoms with van der Waals surface area (Å²) >= 11 is 0. The highest BCUT2D eigenvalue weighted by atomic mass is 16.4. The second kappa shape index (κ2) is 2.34. The number of nitrogens with zero attached hydrogens (tertiary/aromatic N) is 2. The SMILES string of the molecule is O=C(O)n1ccc2cnccc21. The van der Waals surface area contributed by atoms with E-state index in [0.29, 0.717) is 5.52 Å². The third-order valence-electron chi connectivity index (χ3n) is 1.70. The van der Waals surface area contributed by atoms with E-state index >= 15 is 0 Å². The van der Waals surface area contributed by atoms with Gasteiger partial charge in [-0.3, -0.25) is 9.55 Å². The van der Waals surface area contributed by atoms with E-state index in [2.05, 4.69) is 4.98 Å². The highest BCUT2D eigenvalue weighted by Gasteiger charge is 2.04. The molecule has 4 nitrogen and oxygen atoms in total. The van der Waals surface area contributed by atoms with Crippen LogP contribution in [0.1, 0.15) is 0 Å². The molecular formula is C8H6N2O2. The summed E-state index contributed by atoms with van der Waals surface area (Å²) in [5.41, 5.74) is 0.664. The Labute approximate surface area is 68.1 Å². The first-order chi connectivity index (χ1) is 5.79. The van der Waals surface area contributed by atoms with Gasteiger partial charge in [-0.15, -0.1) is 0 Å². The Morgan fingerprint density at radius 2 is 2.33 bits per heavy atom. The predicted octanol–water partition coefficient (Wildman–Crippen LogP) is 1.56. The van der Waals surface area contributed by atoms with Gasteiger partial charge in [0.15, 0.2) is 0 Å². The van der Waals surface area contributed by atoms with Crippen LogP contribution < -0.4 is 0 Å². The van der Waals surface area contributed by atoms with Crippen molar-refractivity contribution in [2.75, 3.05) is 0 Å². The third-order valence-corrected chi connectivity index (χ3v) is 1.70. The number of carboxylic acid groups (broad SMARTS) is 1. The summed E-state index contributed by atoms with van der Waals surface area (Å²) in [6.07, 6.45) is 3.74. The average molecular weight is 162 g/mol. The minimum atomic E-state index is -0.976. The Kier molecular flexibility index (Phi) is 1.33. The van der Waals surface area contributed by atoms with Gasteiger partial charge in [0.2, 0.25) is 0 Å². The summed E-state index contributed by atoms with van der Waals surface area (Å²) in [6, 6.07) is 3.39. The highest BCUT2D eigenvalue weighted by Crippen LogP contribution is 2.12. The number of aromatic nitrogens is 2. The Morgan fingerprint density at radius 3 is 3.08 bits per heavy atom. The lowest BCUT2D eigenvalue weighted by molar-refractivity contribution is 0.197. The van der Waals surface area contributed by atoms with Gasteiger partial charge in [-0.1, -0.05) is 0 Å². The standard InChI is InChI=1S/C8H6N2O2/c11-8(12)10-4-2-6-5-9-3-1-7(6)10/h1-5H,(H,11,12). The molecule has 2 rings (SSSR count). The van der Waals surface area contributed by atoms with Gasteiger partial charge in [-0.05, 0) is 12.1 Å². The monoisotopic (exact) mass is 162 g/mol. The molecule has 0 amide bonds. The maximum absolute atomic E-state index is 10.6. The van der Waals surface area contributed by atoms with E-state index in [4.69, 9.17) is 5.11 Å². The molecule has 0 radical (unpaired) electrons. The first-order valence-corrected chi connectivity index (χ1v) is 3.43. The minimum Gasteiger partial charge on any atom is -0.464 e. The maximum Gasteiger partial charge on any atom is 0.416 e. The van der Waals surface area contributed by atoms with Crippen LogP contribution >= 0.6 is 0 Å². The van der Waals surface area contributed by atoms with Gasteiger partial charge in [0.1, 0.15) is 0 Å². The molecule has 2 aromatic heterocycles. The molecule has 2 heterocycles. The Balaban J connectivity index is 2.79. The molecule has 0 aromatic carbocycles. The normalized spacial score (nSPS) is 10.3. The summed E-state index contributed by atoms with van der Waals surface area (Å²) in [5.74, 6) is 0. The van der Waals surface area contributed by atoms with Crippen molar-refractivity contribution in [3.05, 3.63) is 30.7 Å². The van der Waals surface area contributed by atoms with Crippen molar-refractivity contribution in [2.45, 2.75) is 0 Å². The zero-order chi connectivity index (χ0) is 8.55. The van der Waals surface area contributed by atoms with Crippen molar-refractivity contribution in [2.24, 2.45) is 0 Å². The molecule has 0 bridgehead atoms. The zero-order valence-corrected chi connectivity index (χ0v) is 6.14. The number of hydrogen-bond donors (Lipinski definition) is 1. The lowest BCUT2D eigenvalue weighted by atomic mass is 10.3. The third kappa shape index (κ3) is 0.852. The topological polar surface area (TPSA) is 55.1 Å². The molecular weight excluding hydrogens is 156 g/mol. The molecule has 4 heteroatoms. The van der Waals surface area contributed by atoms with Crippen LogP contribution in [0.2, 0.25) is 0 Å². The number of pyridine rings is 1. The second-order valence-corrected chi connectivity index (χ2v) is 2.40. The van der Waals surface area contributed by atoms with Gasteiger partial charge in [-0.2, -0.15) is 0 Å². The van der Waals surface area contributed by atoms with Crippen LogP contribution in [0.15, 0.2) is 30.7 Å². The van der Waals surface area contributed by atoms with Gasteiger partial charge in [0.05, 0.1) is 5.52 Å². The second-order valence-electron chi connectivity index (χ2n) is 2.40. The zero-order valence-electron chi connectivity index (χ0n) is 6.14. The molecule has 0 unspecified atom stereocenters. The molecule has 12 heavy (non-hydrogen) atoms. The molecule has 1 N–H and O–H groups in total. The molecule has 2 aromatic rings. The van der Waals surface area contributed by atoms with Crippen LogP contribution in [0, 0.1) is 0 Å². The Hall–Kier alpha value is -1.84. The maximum atomic E-state index is 10.6. The molecule has 0 aliphatic rings. The van der Waals surface area contributed by atoms with Crippen LogP contribution in [-0.2, 0) is 0 Å². The Morgan fingerprint density at radius 1 is 1.50 bits per heavy atom. The summed E-state index contributed by atoms with van der Waals surface area (Å²) in [5, 5.41) is 9.55. The van der Waals surface area contributed by atoms with Crippen LogP contribution in [0.5, 0.6) is 0 Å². The van der Waals surface area contributed by atoms with Crippen molar-refractivity contribution in [3.8, 4) is 0 Å². The minimum absolute atomic E-state index is 0.664. The number of rotatable bonds is 0. The molecule has 0 spiro atoms. The smallest absolute Gasteiger partial charge is 0.416 e. The van der Waals surface area contributed by atoms with Crippen molar-refractivity contribution in [1.29, 1.82) is 0 Å². The predicted molar refractivity (Wildman–Crippen MR) is 43.2 cm³/mol. The lowest BCUT2D eigenvalue weighted by Crippen LogP contribution is -2.05. The Bertz CT molecular complexity index is 433. The summed E-state index contributed by atoms with van der Waals surface area (Å²) < 4.78 is 1.16. The highest BCUT2D eigenvalue weighted by molar-refractivity contribution is 5.87. The first kappa shape index (κ1) is 6.84. The number of carbonyl (C=O) groups is 1. The lowest BCUT2D eigenvalue weighted by Gasteiger charge is -1.95. The molecule has 60 valence electrons. The van der Waals surface area contributed by atoms with Gasteiger partial charge < -0.3 is 5.11 Å². The molecule has 0 saturated heterocycles. The van der Waals surface area contributed by atoms with E-state index in [0.717, 1.165) is 9.95 Å². The van der Waals surface area contributed by atoms with Crippen LogP contribution in [-0.4, -0.2) is 20.8 Å². The van der Waals surface area contributed by atoms with Gasteiger partial charge >= 0.3 is 6.09 Å². The van der Waals surface area contributed by atoms with Gasteiger partial charge in [0.25, 0.3) is 0 Å². The fourth-order valence-electron chi connectivity index (χ4n) is 1.15. The van der Waals surface area contributed by atoms with Crippen molar-refractivity contribution < 1.29 is 9.90 Å². The van der Waals surface area contributed by atoms with Crippen molar-refractivity contribution >= 4 is 17.0 Å². The fourth-order valence-corrected chi connectivity index (χ4v) is 1.15. The van der Waals surface area contributed by atoms with Gasteiger partial charge in [-0.25, -0.2) is 4.79 Å². The quantitative estimate of drug-likeness (QED) is 0.639.